The molecule has 1 N–H and O–H groups in total. The van der Waals surface area contributed by atoms with Crippen LogP contribution in [0.25, 0.3) is 0 Å². The van der Waals surface area contributed by atoms with E-state index in [0.717, 1.165) is 25.8 Å². The molecule has 0 spiro atoms. The molecule has 0 atom stereocenters. The maximum absolute atomic E-state index is 12.5. The summed E-state index contributed by atoms with van der Waals surface area (Å²) < 4.78 is 0. The summed E-state index contributed by atoms with van der Waals surface area (Å²) in [6, 6.07) is 6.52. The van der Waals surface area contributed by atoms with Gasteiger partial charge in [0, 0.05) is 6.54 Å². The molecule has 20 heavy (non-hydrogen) atoms. The van der Waals surface area contributed by atoms with Crippen molar-refractivity contribution in [2.45, 2.75) is 64.7 Å². The van der Waals surface area contributed by atoms with E-state index in [2.05, 4.69) is 44.3 Å². The second-order valence-corrected chi connectivity index (χ2v) is 6.28. The van der Waals surface area contributed by atoms with Gasteiger partial charge >= 0.3 is 0 Å². The van der Waals surface area contributed by atoms with Gasteiger partial charge in [0.1, 0.15) is 0 Å². The summed E-state index contributed by atoms with van der Waals surface area (Å²) in [7, 11) is 0. The number of carbonyl (C=O) groups excluding carboxylic acids is 1. The van der Waals surface area contributed by atoms with Crippen LogP contribution in [0.1, 0.15) is 62.1 Å². The lowest BCUT2D eigenvalue weighted by Gasteiger charge is -2.17. The molecule has 0 aromatic heterocycles. The van der Waals surface area contributed by atoms with Crippen molar-refractivity contribution in [3.8, 4) is 0 Å². The number of carbonyl (C=O) groups is 1. The molecule has 0 radical (unpaired) electrons. The average molecular weight is 273 g/mol. The van der Waals surface area contributed by atoms with Crippen LogP contribution in [-0.2, 0) is 10.2 Å². The molecule has 0 aliphatic heterocycles. The Morgan fingerprint density at radius 1 is 1.10 bits per heavy atom. The topological polar surface area (TPSA) is 29.1 Å². The third-order valence-corrected chi connectivity index (χ3v) is 4.27. The largest absolute Gasteiger partial charge is 0.355 e. The third kappa shape index (κ3) is 3.41. The van der Waals surface area contributed by atoms with Crippen LogP contribution < -0.4 is 5.32 Å². The van der Waals surface area contributed by atoms with Gasteiger partial charge in [-0.2, -0.15) is 0 Å². The molecule has 1 aliphatic rings. The van der Waals surface area contributed by atoms with Crippen LogP contribution in [-0.4, -0.2) is 12.5 Å². The highest BCUT2D eigenvalue weighted by atomic mass is 16.2. The highest BCUT2D eigenvalue weighted by Crippen LogP contribution is 2.48. The second-order valence-electron chi connectivity index (χ2n) is 6.28. The van der Waals surface area contributed by atoms with Gasteiger partial charge in [-0.1, -0.05) is 55.5 Å². The van der Waals surface area contributed by atoms with E-state index in [9.17, 15) is 4.79 Å². The molecule has 1 fully saturated rings. The number of benzene rings is 1. The maximum Gasteiger partial charge on any atom is 0.230 e. The minimum atomic E-state index is -0.221. The molecule has 0 heterocycles. The Hall–Kier alpha value is -1.31. The number of hydrogen-bond acceptors (Lipinski definition) is 1. The monoisotopic (exact) mass is 273 g/mol. The fourth-order valence-corrected chi connectivity index (χ4v) is 2.95. The number of amides is 1. The van der Waals surface area contributed by atoms with Gasteiger partial charge in [0.05, 0.1) is 5.41 Å². The van der Waals surface area contributed by atoms with Gasteiger partial charge in [-0.15, -0.1) is 0 Å². The van der Waals surface area contributed by atoms with Crippen LogP contribution in [0.3, 0.4) is 0 Å². The first-order valence-corrected chi connectivity index (χ1v) is 7.95. The van der Waals surface area contributed by atoms with E-state index >= 15 is 0 Å². The molecule has 1 amide bonds. The molecular formula is C18H27NO. The van der Waals surface area contributed by atoms with Crippen molar-refractivity contribution in [3.05, 3.63) is 34.9 Å². The summed E-state index contributed by atoms with van der Waals surface area (Å²) >= 11 is 0. The molecule has 0 saturated heterocycles. The van der Waals surface area contributed by atoms with Crippen LogP contribution in [0, 0.1) is 13.8 Å². The van der Waals surface area contributed by atoms with E-state index in [0.29, 0.717) is 0 Å². The van der Waals surface area contributed by atoms with E-state index in [1.165, 1.54) is 36.0 Å². The predicted molar refractivity (Wildman–Crippen MR) is 84.0 cm³/mol. The summed E-state index contributed by atoms with van der Waals surface area (Å²) in [5, 5.41) is 3.14. The zero-order chi connectivity index (χ0) is 14.6. The van der Waals surface area contributed by atoms with Crippen LogP contribution >= 0.6 is 0 Å². The maximum atomic E-state index is 12.5. The molecule has 2 rings (SSSR count). The summed E-state index contributed by atoms with van der Waals surface area (Å²) in [6.07, 6.45) is 6.81. The Balaban J connectivity index is 1.94. The Morgan fingerprint density at radius 3 is 2.30 bits per heavy atom. The van der Waals surface area contributed by atoms with Crippen molar-refractivity contribution in [1.29, 1.82) is 0 Å². The third-order valence-electron chi connectivity index (χ3n) is 4.27. The lowest BCUT2D eigenvalue weighted by atomic mass is 9.92. The van der Waals surface area contributed by atoms with E-state index in [4.69, 9.17) is 0 Å². The van der Waals surface area contributed by atoms with Gasteiger partial charge < -0.3 is 5.32 Å². The highest BCUT2D eigenvalue weighted by Gasteiger charge is 2.51. The van der Waals surface area contributed by atoms with Crippen molar-refractivity contribution in [2.24, 2.45) is 0 Å². The van der Waals surface area contributed by atoms with E-state index in [1.807, 2.05) is 0 Å². The first-order chi connectivity index (χ1) is 9.58. The van der Waals surface area contributed by atoms with Crippen LogP contribution in [0.15, 0.2) is 18.2 Å². The Morgan fingerprint density at radius 2 is 1.75 bits per heavy atom. The standard InChI is InChI=1S/C18H27NO/c1-4-5-6-7-10-19-17(20)18(8-9-18)16-12-14(2)11-15(3)13-16/h11-13H,4-10H2,1-3H3,(H,19,20). The Bertz CT molecular complexity index is 454. The molecule has 2 nitrogen and oxygen atoms in total. The highest BCUT2D eigenvalue weighted by molar-refractivity contribution is 5.91. The first-order valence-electron chi connectivity index (χ1n) is 7.95. The van der Waals surface area contributed by atoms with Crippen LogP contribution in [0.5, 0.6) is 0 Å². The van der Waals surface area contributed by atoms with Crippen molar-refractivity contribution >= 4 is 5.91 Å². The zero-order valence-corrected chi connectivity index (χ0v) is 13.1. The lowest BCUT2D eigenvalue weighted by Crippen LogP contribution is -2.35. The summed E-state index contributed by atoms with van der Waals surface area (Å²) in [5.74, 6) is 0.235. The van der Waals surface area contributed by atoms with E-state index < -0.39 is 0 Å². The lowest BCUT2D eigenvalue weighted by molar-refractivity contribution is -0.123. The number of nitrogens with one attached hydrogen (secondary N) is 1. The van der Waals surface area contributed by atoms with Crippen LogP contribution in [0.4, 0.5) is 0 Å². The molecule has 2 heteroatoms. The van der Waals surface area contributed by atoms with Gasteiger partial charge in [-0.3, -0.25) is 4.79 Å². The van der Waals surface area contributed by atoms with Gasteiger partial charge in [-0.25, -0.2) is 0 Å². The summed E-state index contributed by atoms with van der Waals surface area (Å²) in [6.45, 7) is 7.24. The van der Waals surface area contributed by atoms with Gasteiger partial charge in [-0.05, 0) is 38.7 Å². The summed E-state index contributed by atoms with van der Waals surface area (Å²) in [5.41, 5.74) is 3.49. The van der Waals surface area contributed by atoms with Crippen molar-refractivity contribution in [1.82, 2.24) is 5.32 Å². The molecule has 1 aromatic rings. The van der Waals surface area contributed by atoms with E-state index in [1.54, 1.807) is 0 Å². The molecule has 0 unspecified atom stereocenters. The molecule has 1 aromatic carbocycles. The van der Waals surface area contributed by atoms with Gasteiger partial charge in [0.2, 0.25) is 5.91 Å². The Labute approximate surface area is 123 Å². The quantitative estimate of drug-likeness (QED) is 0.747. The fourth-order valence-electron chi connectivity index (χ4n) is 2.95. The molecule has 110 valence electrons. The SMILES string of the molecule is CCCCCCNC(=O)C1(c2cc(C)cc(C)c2)CC1. The zero-order valence-electron chi connectivity index (χ0n) is 13.1. The molecule has 0 bridgehead atoms. The predicted octanol–water partition coefficient (Wildman–Crippen LogP) is 4.03. The number of hydrogen-bond donors (Lipinski definition) is 1. The van der Waals surface area contributed by atoms with E-state index in [-0.39, 0.29) is 11.3 Å². The Kier molecular flexibility index (Phi) is 4.85. The van der Waals surface area contributed by atoms with Crippen LogP contribution in [0.2, 0.25) is 0 Å². The van der Waals surface area contributed by atoms with Crippen molar-refractivity contribution < 1.29 is 4.79 Å². The molecule has 1 aliphatic carbocycles. The normalized spacial score (nSPS) is 15.9. The average Bonchev–Trinajstić information content (AvgIpc) is 3.18. The van der Waals surface area contributed by atoms with Crippen molar-refractivity contribution in [2.75, 3.05) is 6.54 Å². The summed E-state index contributed by atoms with van der Waals surface area (Å²) in [4.78, 5) is 12.5. The smallest absolute Gasteiger partial charge is 0.230 e. The molecule has 1 saturated carbocycles. The first kappa shape index (κ1) is 15.1. The minimum Gasteiger partial charge on any atom is -0.355 e. The van der Waals surface area contributed by atoms with Gasteiger partial charge in [0.25, 0.3) is 0 Å². The fraction of sp³-hybridized carbons (Fsp3) is 0.611. The molecular weight excluding hydrogens is 246 g/mol. The van der Waals surface area contributed by atoms with Gasteiger partial charge in [0.15, 0.2) is 0 Å². The minimum absolute atomic E-state index is 0.221. The number of unbranched alkanes of at least 4 members (excludes halogenated alkanes) is 3. The van der Waals surface area contributed by atoms with Crippen molar-refractivity contribution in [3.63, 3.8) is 0 Å². The number of aryl methyl sites for hydroxylation is 2. The second kappa shape index (κ2) is 6.43. The number of rotatable bonds is 7.